The second-order valence-electron chi connectivity index (χ2n) is 6.78. The fraction of sp³-hybridized carbons (Fsp3) is 0.364. The first-order chi connectivity index (χ1) is 13.7. The Morgan fingerprint density at radius 2 is 1.66 bits per heavy atom. The van der Waals surface area contributed by atoms with Crippen molar-refractivity contribution in [2.24, 2.45) is 4.99 Å². The van der Waals surface area contributed by atoms with Gasteiger partial charge in [-0.05, 0) is 23.6 Å². The number of carbonyl (C=O) groups excluding carboxylic acids is 1. The molecule has 0 aliphatic carbocycles. The van der Waals surface area contributed by atoms with Crippen molar-refractivity contribution in [1.82, 2.24) is 15.5 Å². The molecule has 0 bridgehead atoms. The zero-order chi connectivity index (χ0) is 19.8. The van der Waals surface area contributed by atoms with Crippen LogP contribution >= 0.6 is 24.0 Å². The number of nitrogens with zero attached hydrogens (tertiary/aromatic N) is 2. The zero-order valence-electron chi connectivity index (χ0n) is 17.0. The number of hydrogen-bond acceptors (Lipinski definition) is 3. The van der Waals surface area contributed by atoms with E-state index in [1.54, 1.807) is 14.2 Å². The lowest BCUT2D eigenvalue weighted by Gasteiger charge is -2.19. The van der Waals surface area contributed by atoms with Gasteiger partial charge in [-0.25, -0.2) is 0 Å². The maximum atomic E-state index is 11.9. The molecule has 0 aromatic heterocycles. The van der Waals surface area contributed by atoms with E-state index in [1.165, 1.54) is 11.1 Å². The number of nitrogens with one attached hydrogen (secondary N) is 2. The van der Waals surface area contributed by atoms with Crippen molar-refractivity contribution in [3.05, 3.63) is 65.2 Å². The Morgan fingerprint density at radius 1 is 1.03 bits per heavy atom. The van der Waals surface area contributed by atoms with Gasteiger partial charge in [0, 0.05) is 45.2 Å². The maximum absolute atomic E-state index is 11.9. The molecule has 0 saturated carbocycles. The molecule has 2 aromatic carbocycles. The Balaban J connectivity index is 0.00000300. The highest BCUT2D eigenvalue weighted by molar-refractivity contribution is 14.0. The summed E-state index contributed by atoms with van der Waals surface area (Å²) in [6.07, 6.45) is 1.62. The van der Waals surface area contributed by atoms with Crippen molar-refractivity contribution in [3.8, 4) is 5.75 Å². The van der Waals surface area contributed by atoms with E-state index in [2.05, 4.69) is 27.8 Å². The molecule has 0 unspecified atom stereocenters. The normalized spacial score (nSPS) is 13.8. The van der Waals surface area contributed by atoms with Crippen LogP contribution in [0.2, 0.25) is 0 Å². The Hall–Kier alpha value is -2.29. The number of likely N-dealkylation sites (tertiary alicyclic amines) is 1. The van der Waals surface area contributed by atoms with Gasteiger partial charge in [0.25, 0.3) is 0 Å². The Kier molecular flexibility index (Phi) is 9.24. The number of aliphatic imine (C=N–C) groups is 1. The lowest BCUT2D eigenvalue weighted by molar-refractivity contribution is -0.128. The molecule has 2 N–H and O–H groups in total. The van der Waals surface area contributed by atoms with Crippen LogP contribution in [0, 0.1) is 0 Å². The highest BCUT2D eigenvalue weighted by Gasteiger charge is 2.20. The largest absolute Gasteiger partial charge is 0.496 e. The Morgan fingerprint density at radius 3 is 2.28 bits per heavy atom. The second kappa shape index (κ2) is 11.6. The number of amides is 1. The van der Waals surface area contributed by atoms with Crippen LogP contribution in [0.1, 0.15) is 29.5 Å². The number of methoxy groups -OCH3 is 1. The minimum atomic E-state index is 0. The molecule has 0 spiro atoms. The minimum absolute atomic E-state index is 0. The summed E-state index contributed by atoms with van der Waals surface area (Å²) < 4.78 is 5.40. The molecule has 1 aliphatic rings. The SMILES string of the molecule is CN=C(NCc1ccccc1CN1CCCC1=O)NCc1ccccc1OC.I. The van der Waals surface area contributed by atoms with Crippen LogP contribution in [0.15, 0.2) is 53.5 Å². The van der Waals surface area contributed by atoms with E-state index in [4.69, 9.17) is 4.74 Å². The van der Waals surface area contributed by atoms with Crippen LogP contribution < -0.4 is 15.4 Å². The molecule has 156 valence electrons. The molecule has 2 aromatic rings. The molecule has 1 aliphatic heterocycles. The van der Waals surface area contributed by atoms with Gasteiger partial charge in [-0.1, -0.05) is 42.5 Å². The topological polar surface area (TPSA) is 66.0 Å². The van der Waals surface area contributed by atoms with Crippen LogP contribution in [0.3, 0.4) is 0 Å². The molecule has 0 atom stereocenters. The number of carbonyl (C=O) groups is 1. The average molecular weight is 508 g/mol. The van der Waals surface area contributed by atoms with Gasteiger partial charge in [-0.2, -0.15) is 0 Å². The van der Waals surface area contributed by atoms with Gasteiger partial charge in [0.2, 0.25) is 5.91 Å². The summed E-state index contributed by atoms with van der Waals surface area (Å²) in [6.45, 7) is 2.78. The van der Waals surface area contributed by atoms with E-state index in [9.17, 15) is 4.79 Å². The van der Waals surface area contributed by atoms with Gasteiger partial charge in [0.1, 0.15) is 5.75 Å². The van der Waals surface area contributed by atoms with Crippen molar-refractivity contribution < 1.29 is 9.53 Å². The van der Waals surface area contributed by atoms with E-state index >= 15 is 0 Å². The third kappa shape index (κ3) is 6.35. The molecule has 6 nitrogen and oxygen atoms in total. The molecular weight excluding hydrogens is 479 g/mol. The molecule has 3 rings (SSSR count). The first kappa shape index (κ1) is 23.0. The van der Waals surface area contributed by atoms with Gasteiger partial charge >= 0.3 is 0 Å². The van der Waals surface area contributed by atoms with Crippen molar-refractivity contribution in [3.63, 3.8) is 0 Å². The number of para-hydroxylation sites is 1. The number of hydrogen-bond donors (Lipinski definition) is 2. The summed E-state index contributed by atoms with van der Waals surface area (Å²) in [5.74, 6) is 1.82. The van der Waals surface area contributed by atoms with Gasteiger partial charge in [-0.15, -0.1) is 24.0 Å². The van der Waals surface area contributed by atoms with E-state index in [-0.39, 0.29) is 29.9 Å². The Labute approximate surface area is 189 Å². The number of guanidine groups is 1. The molecule has 0 radical (unpaired) electrons. The van der Waals surface area contributed by atoms with Crippen molar-refractivity contribution >= 4 is 35.8 Å². The van der Waals surface area contributed by atoms with Gasteiger partial charge in [0.15, 0.2) is 5.96 Å². The van der Waals surface area contributed by atoms with Crippen LogP contribution in [0.5, 0.6) is 5.75 Å². The molecule has 1 saturated heterocycles. The monoisotopic (exact) mass is 508 g/mol. The summed E-state index contributed by atoms with van der Waals surface area (Å²) in [5.41, 5.74) is 3.41. The number of rotatable bonds is 7. The minimum Gasteiger partial charge on any atom is -0.496 e. The highest BCUT2D eigenvalue weighted by Crippen LogP contribution is 2.18. The molecule has 7 heteroatoms. The molecule has 1 heterocycles. The highest BCUT2D eigenvalue weighted by atomic mass is 127. The molecular formula is C22H29IN4O2. The fourth-order valence-corrected chi connectivity index (χ4v) is 3.39. The molecule has 1 fully saturated rings. The first-order valence-corrected chi connectivity index (χ1v) is 9.62. The number of benzene rings is 2. The number of ether oxygens (including phenoxy) is 1. The van der Waals surface area contributed by atoms with E-state index in [0.717, 1.165) is 30.2 Å². The lowest BCUT2D eigenvalue weighted by atomic mass is 10.1. The van der Waals surface area contributed by atoms with Crippen LogP contribution in [0.25, 0.3) is 0 Å². The van der Waals surface area contributed by atoms with Crippen LogP contribution in [0.4, 0.5) is 0 Å². The maximum Gasteiger partial charge on any atom is 0.222 e. The van der Waals surface area contributed by atoms with Crippen LogP contribution in [-0.4, -0.2) is 37.5 Å². The first-order valence-electron chi connectivity index (χ1n) is 9.62. The van der Waals surface area contributed by atoms with E-state index < -0.39 is 0 Å². The third-order valence-corrected chi connectivity index (χ3v) is 4.96. The summed E-state index contributed by atoms with van der Waals surface area (Å²) >= 11 is 0. The third-order valence-electron chi connectivity index (χ3n) is 4.96. The molecule has 1 amide bonds. The van der Waals surface area contributed by atoms with Gasteiger partial charge in [0.05, 0.1) is 7.11 Å². The van der Waals surface area contributed by atoms with E-state index in [1.807, 2.05) is 41.3 Å². The quantitative estimate of drug-likeness (QED) is 0.342. The van der Waals surface area contributed by atoms with E-state index in [0.29, 0.717) is 26.1 Å². The fourth-order valence-electron chi connectivity index (χ4n) is 3.39. The van der Waals surface area contributed by atoms with Crippen molar-refractivity contribution in [2.75, 3.05) is 20.7 Å². The smallest absolute Gasteiger partial charge is 0.222 e. The van der Waals surface area contributed by atoms with Gasteiger partial charge < -0.3 is 20.3 Å². The van der Waals surface area contributed by atoms with Gasteiger partial charge in [-0.3, -0.25) is 9.79 Å². The number of halogens is 1. The Bertz CT molecular complexity index is 841. The summed E-state index contributed by atoms with van der Waals surface area (Å²) in [6, 6.07) is 16.2. The standard InChI is InChI=1S/C22H28N4O2.HI/c1-23-22(25-15-18-9-5-6-11-20(18)28-2)24-14-17-8-3-4-10-19(17)16-26-13-7-12-21(26)27;/h3-6,8-11H,7,12-16H2,1-2H3,(H2,23,24,25);1H. The van der Waals surface area contributed by atoms with Crippen molar-refractivity contribution in [2.45, 2.75) is 32.5 Å². The van der Waals surface area contributed by atoms with Crippen molar-refractivity contribution in [1.29, 1.82) is 0 Å². The lowest BCUT2D eigenvalue weighted by Crippen LogP contribution is -2.36. The molecule has 29 heavy (non-hydrogen) atoms. The summed E-state index contributed by atoms with van der Waals surface area (Å²) in [5, 5.41) is 6.69. The second-order valence-corrected chi connectivity index (χ2v) is 6.78. The summed E-state index contributed by atoms with van der Waals surface area (Å²) in [7, 11) is 3.43. The average Bonchev–Trinajstić information content (AvgIpc) is 3.14. The van der Waals surface area contributed by atoms with Crippen LogP contribution in [-0.2, 0) is 24.4 Å². The summed E-state index contributed by atoms with van der Waals surface area (Å²) in [4.78, 5) is 18.2. The zero-order valence-corrected chi connectivity index (χ0v) is 19.3. The predicted octanol–water partition coefficient (Wildman–Crippen LogP) is 3.30. The predicted molar refractivity (Wildman–Crippen MR) is 127 cm³/mol.